The molecule has 3 nitrogen and oxygen atoms in total. The van der Waals surface area contributed by atoms with Crippen LogP contribution in [0.25, 0.3) is 0 Å². The fraction of sp³-hybridized carbons (Fsp3) is 0.182. The van der Waals surface area contributed by atoms with Crippen molar-refractivity contribution in [1.82, 2.24) is 4.98 Å². The van der Waals surface area contributed by atoms with Gasteiger partial charge in [0.1, 0.15) is 5.82 Å². The van der Waals surface area contributed by atoms with Crippen molar-refractivity contribution in [2.24, 2.45) is 0 Å². The lowest BCUT2D eigenvalue weighted by atomic mass is 10.3. The minimum Gasteiger partial charge on any atom is -0.472 e. The molecule has 0 aliphatic rings. The predicted octanol–water partition coefficient (Wildman–Crippen LogP) is 3.73. The summed E-state index contributed by atoms with van der Waals surface area (Å²) >= 11 is 9.43. The van der Waals surface area contributed by atoms with E-state index in [9.17, 15) is 0 Å². The van der Waals surface area contributed by atoms with Gasteiger partial charge in [-0.25, -0.2) is 4.98 Å². The normalized spacial score (nSPS) is 10.4. The number of pyridine rings is 1. The van der Waals surface area contributed by atoms with Gasteiger partial charge in [0.05, 0.1) is 17.5 Å². The van der Waals surface area contributed by atoms with E-state index >= 15 is 0 Å². The Morgan fingerprint density at radius 1 is 1.56 bits per heavy atom. The number of hydrogen-bond acceptors (Lipinski definition) is 3. The number of anilines is 1. The first-order valence-corrected chi connectivity index (χ1v) is 5.87. The molecule has 0 N–H and O–H groups in total. The lowest BCUT2D eigenvalue weighted by Gasteiger charge is -2.18. The summed E-state index contributed by atoms with van der Waals surface area (Å²) in [5.74, 6) is 0.756. The van der Waals surface area contributed by atoms with Gasteiger partial charge in [0.15, 0.2) is 0 Å². The molecule has 2 heterocycles. The van der Waals surface area contributed by atoms with E-state index in [4.69, 9.17) is 16.0 Å². The first-order valence-electron chi connectivity index (χ1n) is 4.70. The van der Waals surface area contributed by atoms with Crippen LogP contribution in [-0.4, -0.2) is 12.0 Å². The number of aromatic nitrogens is 1. The third-order valence-electron chi connectivity index (χ3n) is 2.15. The smallest absolute Gasteiger partial charge is 0.147 e. The zero-order chi connectivity index (χ0) is 11.5. The van der Waals surface area contributed by atoms with E-state index in [-0.39, 0.29) is 0 Å². The third-order valence-corrected chi connectivity index (χ3v) is 2.86. The van der Waals surface area contributed by atoms with E-state index in [1.165, 1.54) is 0 Å². The van der Waals surface area contributed by atoms with Gasteiger partial charge in [-0.1, -0.05) is 11.6 Å². The van der Waals surface area contributed by atoms with Crippen molar-refractivity contribution in [2.45, 2.75) is 6.54 Å². The van der Waals surface area contributed by atoms with Gasteiger partial charge in [0.2, 0.25) is 0 Å². The standard InChI is InChI=1S/C11H10BrClN2O/c1-15(6-8-2-3-16-7-8)11-10(13)4-9(12)5-14-11/h2-5,7H,6H2,1H3. The lowest BCUT2D eigenvalue weighted by Crippen LogP contribution is -2.17. The van der Waals surface area contributed by atoms with Crippen molar-refractivity contribution < 1.29 is 4.42 Å². The summed E-state index contributed by atoms with van der Waals surface area (Å²) in [6.45, 7) is 0.713. The van der Waals surface area contributed by atoms with Crippen LogP contribution in [0.1, 0.15) is 5.56 Å². The molecule has 0 fully saturated rings. The van der Waals surface area contributed by atoms with Crippen LogP contribution >= 0.6 is 27.5 Å². The molecule has 0 radical (unpaired) electrons. The van der Waals surface area contributed by atoms with Crippen molar-refractivity contribution in [3.63, 3.8) is 0 Å². The van der Waals surface area contributed by atoms with Crippen LogP contribution in [0.4, 0.5) is 5.82 Å². The molecule has 5 heteroatoms. The maximum Gasteiger partial charge on any atom is 0.147 e. The molecule has 0 atom stereocenters. The van der Waals surface area contributed by atoms with Crippen molar-refractivity contribution in [3.05, 3.63) is 45.9 Å². The van der Waals surface area contributed by atoms with Gasteiger partial charge in [0.25, 0.3) is 0 Å². The average Bonchev–Trinajstić information content (AvgIpc) is 2.70. The second-order valence-electron chi connectivity index (χ2n) is 3.45. The molecule has 0 aliphatic heterocycles. The Kier molecular flexibility index (Phi) is 3.51. The molecule has 0 saturated carbocycles. The monoisotopic (exact) mass is 300 g/mol. The van der Waals surface area contributed by atoms with Crippen molar-refractivity contribution in [3.8, 4) is 0 Å². The van der Waals surface area contributed by atoms with Gasteiger partial charge < -0.3 is 9.32 Å². The molecule has 0 bridgehead atoms. The van der Waals surface area contributed by atoms with E-state index < -0.39 is 0 Å². The van der Waals surface area contributed by atoms with Crippen LogP contribution < -0.4 is 4.90 Å². The predicted molar refractivity (Wildman–Crippen MR) is 67.8 cm³/mol. The minimum absolute atomic E-state index is 0.625. The first kappa shape index (κ1) is 11.5. The highest BCUT2D eigenvalue weighted by atomic mass is 79.9. The van der Waals surface area contributed by atoms with Crippen LogP contribution in [0.3, 0.4) is 0 Å². The summed E-state index contributed by atoms with van der Waals surface area (Å²) in [6, 6.07) is 3.75. The molecule has 84 valence electrons. The van der Waals surface area contributed by atoms with Crippen LogP contribution in [0.5, 0.6) is 0 Å². The molecule has 0 saturated heterocycles. The van der Waals surface area contributed by atoms with Crippen LogP contribution in [0.15, 0.2) is 39.7 Å². The van der Waals surface area contributed by atoms with E-state index in [1.54, 1.807) is 18.7 Å². The Morgan fingerprint density at radius 2 is 2.38 bits per heavy atom. The topological polar surface area (TPSA) is 29.3 Å². The van der Waals surface area contributed by atoms with E-state index in [0.29, 0.717) is 11.6 Å². The second kappa shape index (κ2) is 4.89. The fourth-order valence-corrected chi connectivity index (χ4v) is 2.19. The summed E-state index contributed by atoms with van der Waals surface area (Å²) in [5, 5.41) is 0.625. The number of furan rings is 1. The molecule has 2 aromatic heterocycles. The van der Waals surface area contributed by atoms with Crippen LogP contribution in [0, 0.1) is 0 Å². The zero-order valence-corrected chi connectivity index (χ0v) is 11.0. The average molecular weight is 302 g/mol. The highest BCUT2D eigenvalue weighted by molar-refractivity contribution is 9.10. The highest BCUT2D eigenvalue weighted by Gasteiger charge is 2.09. The molecule has 0 aliphatic carbocycles. The van der Waals surface area contributed by atoms with Crippen molar-refractivity contribution in [2.75, 3.05) is 11.9 Å². The van der Waals surface area contributed by atoms with Crippen molar-refractivity contribution >= 4 is 33.3 Å². The Bertz CT molecular complexity index is 473. The number of hydrogen-bond donors (Lipinski definition) is 0. The largest absolute Gasteiger partial charge is 0.472 e. The van der Waals surface area contributed by atoms with Gasteiger partial charge in [-0.15, -0.1) is 0 Å². The van der Waals surface area contributed by atoms with E-state index in [1.807, 2.05) is 24.1 Å². The zero-order valence-electron chi connectivity index (χ0n) is 8.65. The van der Waals surface area contributed by atoms with E-state index in [0.717, 1.165) is 15.9 Å². The number of nitrogens with zero attached hydrogens (tertiary/aromatic N) is 2. The summed E-state index contributed by atoms with van der Waals surface area (Å²) in [6.07, 6.45) is 5.09. The van der Waals surface area contributed by atoms with Gasteiger partial charge in [-0.3, -0.25) is 0 Å². The summed E-state index contributed by atoms with van der Waals surface area (Å²) < 4.78 is 5.89. The Morgan fingerprint density at radius 3 is 3.00 bits per heavy atom. The molecule has 0 amide bonds. The van der Waals surface area contributed by atoms with Gasteiger partial charge in [-0.05, 0) is 28.1 Å². The molecule has 2 aromatic rings. The molecule has 2 rings (SSSR count). The maximum absolute atomic E-state index is 6.11. The molecule has 0 aromatic carbocycles. The summed E-state index contributed by atoms with van der Waals surface area (Å²) in [4.78, 5) is 6.25. The lowest BCUT2D eigenvalue weighted by molar-refractivity contribution is 0.563. The summed E-state index contributed by atoms with van der Waals surface area (Å²) in [7, 11) is 1.94. The Hall–Kier alpha value is -1.000. The van der Waals surface area contributed by atoms with Gasteiger partial charge >= 0.3 is 0 Å². The van der Waals surface area contributed by atoms with Crippen LogP contribution in [0.2, 0.25) is 5.02 Å². The van der Waals surface area contributed by atoms with Gasteiger partial charge in [-0.2, -0.15) is 0 Å². The van der Waals surface area contributed by atoms with Gasteiger partial charge in [0, 0.05) is 29.8 Å². The Balaban J connectivity index is 2.17. The van der Waals surface area contributed by atoms with Crippen molar-refractivity contribution in [1.29, 1.82) is 0 Å². The third kappa shape index (κ3) is 2.57. The maximum atomic E-state index is 6.11. The summed E-state index contributed by atoms with van der Waals surface area (Å²) in [5.41, 5.74) is 1.09. The number of rotatable bonds is 3. The SMILES string of the molecule is CN(Cc1ccoc1)c1ncc(Br)cc1Cl. The molecular formula is C11H10BrClN2O. The quantitative estimate of drug-likeness (QED) is 0.865. The second-order valence-corrected chi connectivity index (χ2v) is 4.77. The van der Waals surface area contributed by atoms with E-state index in [2.05, 4.69) is 20.9 Å². The molecule has 0 spiro atoms. The first-order chi connectivity index (χ1) is 7.66. The highest BCUT2D eigenvalue weighted by Crippen LogP contribution is 2.26. The molecule has 0 unspecified atom stereocenters. The number of halogens is 2. The Labute approximate surface area is 107 Å². The van der Waals surface area contributed by atoms with Crippen LogP contribution in [-0.2, 0) is 6.54 Å². The fourth-order valence-electron chi connectivity index (χ4n) is 1.42. The molecule has 16 heavy (non-hydrogen) atoms. The molecular weight excluding hydrogens is 291 g/mol. The minimum atomic E-state index is 0.625.